The molecule has 3 aromatic carbocycles. The fourth-order valence-corrected chi connectivity index (χ4v) is 3.23. The third kappa shape index (κ3) is 3.36. The molecule has 0 radical (unpaired) electrons. The first-order chi connectivity index (χ1) is 14.1. The van der Waals surface area contributed by atoms with Crippen LogP contribution in [0.2, 0.25) is 0 Å². The molecule has 144 valence electrons. The van der Waals surface area contributed by atoms with Crippen molar-refractivity contribution in [1.29, 1.82) is 0 Å². The lowest BCUT2D eigenvalue weighted by Crippen LogP contribution is -2.29. The van der Waals surface area contributed by atoms with Gasteiger partial charge in [0.1, 0.15) is 5.75 Å². The summed E-state index contributed by atoms with van der Waals surface area (Å²) in [6.07, 6.45) is 0. The van der Waals surface area contributed by atoms with Crippen LogP contribution < -0.4 is 15.0 Å². The molecule has 4 rings (SSSR count). The van der Waals surface area contributed by atoms with Crippen molar-refractivity contribution >= 4 is 29.1 Å². The van der Waals surface area contributed by atoms with Crippen molar-refractivity contribution in [2.75, 3.05) is 16.8 Å². The highest BCUT2D eigenvalue weighted by Crippen LogP contribution is 2.29. The van der Waals surface area contributed by atoms with Crippen molar-refractivity contribution in [3.05, 3.63) is 89.5 Å². The van der Waals surface area contributed by atoms with Gasteiger partial charge in [-0.15, -0.1) is 0 Å². The fraction of sp³-hybridized carbons (Fsp3) is 0.0870. The number of nitrogens with one attached hydrogen (secondary N) is 1. The number of rotatable bonds is 5. The average Bonchev–Trinajstić information content (AvgIpc) is 3.00. The van der Waals surface area contributed by atoms with E-state index < -0.39 is 0 Å². The van der Waals surface area contributed by atoms with Crippen LogP contribution in [-0.2, 0) is 0 Å². The molecule has 1 heterocycles. The predicted molar refractivity (Wildman–Crippen MR) is 110 cm³/mol. The Balaban J connectivity index is 1.54. The minimum Gasteiger partial charge on any atom is -0.492 e. The van der Waals surface area contributed by atoms with Crippen LogP contribution in [0.5, 0.6) is 5.75 Å². The summed E-state index contributed by atoms with van der Waals surface area (Å²) in [6, 6.07) is 20.2. The molecule has 0 saturated carbocycles. The SMILES string of the molecule is CCOc1ccccc1NC(=O)c1ccc(N2C(=O)c3ccccc3C2=O)cc1. The van der Waals surface area contributed by atoms with Crippen LogP contribution in [0.15, 0.2) is 72.8 Å². The minimum atomic E-state index is -0.367. The number of carbonyl (C=O) groups excluding carboxylic acids is 3. The molecular weight excluding hydrogens is 368 g/mol. The Morgan fingerprint density at radius 2 is 1.45 bits per heavy atom. The van der Waals surface area contributed by atoms with Crippen LogP contribution >= 0.6 is 0 Å². The lowest BCUT2D eigenvalue weighted by atomic mass is 10.1. The van der Waals surface area contributed by atoms with E-state index in [1.807, 2.05) is 19.1 Å². The van der Waals surface area contributed by atoms with Gasteiger partial charge in [0.25, 0.3) is 17.7 Å². The first-order valence-corrected chi connectivity index (χ1v) is 9.21. The van der Waals surface area contributed by atoms with Crippen LogP contribution in [0.4, 0.5) is 11.4 Å². The number of carbonyl (C=O) groups is 3. The minimum absolute atomic E-state index is 0.314. The summed E-state index contributed by atoms with van der Waals surface area (Å²) in [5.74, 6) is -0.459. The van der Waals surface area contributed by atoms with Gasteiger partial charge in [-0.05, 0) is 55.5 Å². The number of ether oxygens (including phenoxy) is 1. The van der Waals surface area contributed by atoms with E-state index in [1.54, 1.807) is 60.7 Å². The molecule has 0 aliphatic carbocycles. The van der Waals surface area contributed by atoms with Gasteiger partial charge in [0.05, 0.1) is 29.1 Å². The first-order valence-electron chi connectivity index (χ1n) is 9.21. The molecule has 0 atom stereocenters. The van der Waals surface area contributed by atoms with E-state index in [1.165, 1.54) is 0 Å². The number of hydrogen-bond donors (Lipinski definition) is 1. The summed E-state index contributed by atoms with van der Waals surface area (Å²) >= 11 is 0. The van der Waals surface area contributed by atoms with Crippen molar-refractivity contribution in [2.45, 2.75) is 6.92 Å². The smallest absolute Gasteiger partial charge is 0.266 e. The van der Waals surface area contributed by atoms with Gasteiger partial charge in [-0.3, -0.25) is 14.4 Å². The number of fused-ring (bicyclic) bond motifs is 1. The number of nitrogens with zero attached hydrogens (tertiary/aromatic N) is 1. The van der Waals surface area contributed by atoms with Crippen molar-refractivity contribution in [2.24, 2.45) is 0 Å². The molecule has 6 nitrogen and oxygen atoms in total. The number of imide groups is 1. The molecule has 0 fully saturated rings. The molecule has 0 bridgehead atoms. The maximum Gasteiger partial charge on any atom is 0.266 e. The largest absolute Gasteiger partial charge is 0.492 e. The van der Waals surface area contributed by atoms with E-state index in [9.17, 15) is 14.4 Å². The Hall–Kier alpha value is -3.93. The van der Waals surface area contributed by atoms with Crippen molar-refractivity contribution in [1.82, 2.24) is 0 Å². The average molecular weight is 386 g/mol. The van der Waals surface area contributed by atoms with Gasteiger partial charge < -0.3 is 10.1 Å². The van der Waals surface area contributed by atoms with Gasteiger partial charge in [-0.25, -0.2) is 4.90 Å². The van der Waals surface area contributed by atoms with E-state index in [0.717, 1.165) is 4.90 Å². The number of hydrogen-bond acceptors (Lipinski definition) is 4. The van der Waals surface area contributed by atoms with Gasteiger partial charge in [0.15, 0.2) is 0 Å². The Morgan fingerprint density at radius 3 is 2.07 bits per heavy atom. The Kier molecular flexibility index (Phi) is 4.83. The summed E-state index contributed by atoms with van der Waals surface area (Å²) < 4.78 is 5.52. The van der Waals surface area contributed by atoms with Crippen molar-refractivity contribution in [3.8, 4) is 5.75 Å². The standard InChI is InChI=1S/C23H18N2O4/c1-2-29-20-10-6-5-9-19(20)24-21(26)15-11-13-16(14-12-15)25-22(27)17-7-3-4-8-18(17)23(25)28/h3-14H,2H2,1H3,(H,24,26). The number of amides is 3. The topological polar surface area (TPSA) is 75.7 Å². The molecule has 3 amide bonds. The zero-order valence-electron chi connectivity index (χ0n) is 15.7. The van der Waals surface area contributed by atoms with Crippen LogP contribution in [0.3, 0.4) is 0 Å². The second-order valence-electron chi connectivity index (χ2n) is 6.42. The molecule has 3 aromatic rings. The molecule has 0 saturated heterocycles. The quantitative estimate of drug-likeness (QED) is 0.669. The second kappa shape index (κ2) is 7.59. The van der Waals surface area contributed by atoms with E-state index in [4.69, 9.17) is 4.74 Å². The van der Waals surface area contributed by atoms with Crippen molar-refractivity contribution in [3.63, 3.8) is 0 Å². The van der Waals surface area contributed by atoms with E-state index in [2.05, 4.69) is 5.32 Å². The highest BCUT2D eigenvalue weighted by atomic mass is 16.5. The van der Waals surface area contributed by atoms with Crippen LogP contribution in [0.1, 0.15) is 38.0 Å². The van der Waals surface area contributed by atoms with Gasteiger partial charge in [0.2, 0.25) is 0 Å². The maximum absolute atomic E-state index is 12.6. The molecule has 1 aliphatic rings. The molecule has 1 aliphatic heterocycles. The molecule has 0 unspecified atom stereocenters. The lowest BCUT2D eigenvalue weighted by Gasteiger charge is -2.15. The van der Waals surface area contributed by atoms with E-state index >= 15 is 0 Å². The van der Waals surface area contributed by atoms with E-state index in [-0.39, 0.29) is 17.7 Å². The van der Waals surface area contributed by atoms with Gasteiger partial charge >= 0.3 is 0 Å². The second-order valence-corrected chi connectivity index (χ2v) is 6.42. The van der Waals surface area contributed by atoms with Gasteiger partial charge in [-0.2, -0.15) is 0 Å². The van der Waals surface area contributed by atoms with Crippen LogP contribution in [0, 0.1) is 0 Å². The zero-order chi connectivity index (χ0) is 20.4. The van der Waals surface area contributed by atoms with Gasteiger partial charge in [0, 0.05) is 5.56 Å². The fourth-order valence-electron chi connectivity index (χ4n) is 3.23. The number of benzene rings is 3. The third-order valence-corrected chi connectivity index (χ3v) is 4.62. The Morgan fingerprint density at radius 1 is 0.862 bits per heavy atom. The monoisotopic (exact) mass is 386 g/mol. The highest BCUT2D eigenvalue weighted by molar-refractivity contribution is 6.34. The molecule has 1 N–H and O–H groups in total. The Bertz CT molecular complexity index is 1070. The first kappa shape index (κ1) is 18.4. The number of para-hydroxylation sites is 2. The van der Waals surface area contributed by atoms with Crippen LogP contribution in [0.25, 0.3) is 0 Å². The summed E-state index contributed by atoms with van der Waals surface area (Å²) in [4.78, 5) is 38.9. The van der Waals surface area contributed by atoms with Crippen molar-refractivity contribution < 1.29 is 19.1 Å². The third-order valence-electron chi connectivity index (χ3n) is 4.62. The molecule has 0 aromatic heterocycles. The lowest BCUT2D eigenvalue weighted by molar-refractivity contribution is 0.0925. The summed E-state index contributed by atoms with van der Waals surface area (Å²) in [7, 11) is 0. The Labute approximate surface area is 167 Å². The molecule has 0 spiro atoms. The zero-order valence-corrected chi connectivity index (χ0v) is 15.7. The highest BCUT2D eigenvalue weighted by Gasteiger charge is 2.36. The summed E-state index contributed by atoms with van der Waals surface area (Å²) in [5, 5.41) is 2.82. The van der Waals surface area contributed by atoms with E-state index in [0.29, 0.717) is 40.4 Å². The maximum atomic E-state index is 12.6. The normalized spacial score (nSPS) is 12.7. The molecule has 29 heavy (non-hydrogen) atoms. The van der Waals surface area contributed by atoms with Gasteiger partial charge in [-0.1, -0.05) is 24.3 Å². The summed E-state index contributed by atoms with van der Waals surface area (Å²) in [5.41, 5.74) is 2.15. The summed E-state index contributed by atoms with van der Waals surface area (Å²) in [6.45, 7) is 2.36. The molecular formula is C23H18N2O4. The molecule has 6 heteroatoms. The number of anilines is 2. The predicted octanol–water partition coefficient (Wildman–Crippen LogP) is 4.14. The van der Waals surface area contributed by atoms with Crippen LogP contribution in [-0.4, -0.2) is 24.3 Å².